The molecule has 0 aromatic carbocycles. The van der Waals surface area contributed by atoms with Crippen molar-refractivity contribution in [3.8, 4) is 0 Å². The van der Waals surface area contributed by atoms with Crippen molar-refractivity contribution in [3.63, 3.8) is 0 Å². The molecule has 8 heteroatoms. The van der Waals surface area contributed by atoms with Crippen LogP contribution in [0.4, 0.5) is 13.2 Å². The van der Waals surface area contributed by atoms with Crippen molar-refractivity contribution in [1.82, 2.24) is 10.4 Å². The molecule has 1 aromatic heterocycles. The Morgan fingerprint density at radius 2 is 2.11 bits per heavy atom. The molecule has 0 fully saturated rings. The van der Waals surface area contributed by atoms with Crippen LogP contribution in [-0.4, -0.2) is 16.5 Å². The molecule has 0 bridgehead atoms. The van der Waals surface area contributed by atoms with Gasteiger partial charge in [0.05, 0.1) is 6.04 Å². The Kier molecular flexibility index (Phi) is 5.90. The number of thioether (sulfide) groups is 1. The Bertz CT molecular complexity index is 365. The van der Waals surface area contributed by atoms with Crippen LogP contribution in [0.5, 0.6) is 0 Å². The average molecular weight is 299 g/mol. The van der Waals surface area contributed by atoms with E-state index in [9.17, 15) is 13.2 Å². The molecule has 0 aliphatic carbocycles. The van der Waals surface area contributed by atoms with E-state index in [-0.39, 0.29) is 6.04 Å². The summed E-state index contributed by atoms with van der Waals surface area (Å²) in [4.78, 5) is 3.90. The number of nitrogens with zero attached hydrogens (tertiary/aromatic N) is 1. The number of hydrazine groups is 1. The third-order valence-corrected chi connectivity index (χ3v) is 4.67. The first-order valence-electron chi connectivity index (χ1n) is 5.41. The standard InChI is InChI=1S/C10H16F3N3S2/c1-6(2)4-17-5-7(16-14)8-3-15-9(18-8)10(11,12)13/h3,6-7,16H,4-5,14H2,1-2H3. The summed E-state index contributed by atoms with van der Waals surface area (Å²) < 4.78 is 37.3. The summed E-state index contributed by atoms with van der Waals surface area (Å²) in [7, 11) is 0. The lowest BCUT2D eigenvalue weighted by molar-refractivity contribution is -0.137. The minimum atomic E-state index is -4.38. The predicted octanol–water partition coefficient (Wildman–Crippen LogP) is 3.06. The summed E-state index contributed by atoms with van der Waals surface area (Å²) in [6.07, 6.45) is -3.14. The lowest BCUT2D eigenvalue weighted by Crippen LogP contribution is -2.29. The molecule has 3 nitrogen and oxygen atoms in total. The highest BCUT2D eigenvalue weighted by Gasteiger charge is 2.35. The van der Waals surface area contributed by atoms with Gasteiger partial charge in [-0.25, -0.2) is 4.98 Å². The van der Waals surface area contributed by atoms with Gasteiger partial charge in [0.15, 0.2) is 5.01 Å². The van der Waals surface area contributed by atoms with Crippen molar-refractivity contribution >= 4 is 23.1 Å². The second-order valence-electron chi connectivity index (χ2n) is 4.22. The molecule has 1 aromatic rings. The number of hydrogen-bond acceptors (Lipinski definition) is 5. The van der Waals surface area contributed by atoms with E-state index in [0.29, 0.717) is 27.9 Å². The van der Waals surface area contributed by atoms with Crippen LogP contribution in [0.1, 0.15) is 29.8 Å². The second kappa shape index (κ2) is 6.74. The maximum atomic E-state index is 12.4. The molecule has 0 saturated heterocycles. The van der Waals surface area contributed by atoms with Gasteiger partial charge in [-0.3, -0.25) is 11.3 Å². The largest absolute Gasteiger partial charge is 0.443 e. The molecule has 0 radical (unpaired) electrons. The molecule has 1 heterocycles. The SMILES string of the molecule is CC(C)CSCC(NN)c1cnc(C(F)(F)F)s1. The van der Waals surface area contributed by atoms with E-state index < -0.39 is 11.2 Å². The molecule has 0 spiro atoms. The third-order valence-electron chi connectivity index (χ3n) is 2.05. The number of hydrogen-bond donors (Lipinski definition) is 2. The van der Waals surface area contributed by atoms with Gasteiger partial charge in [0.25, 0.3) is 0 Å². The van der Waals surface area contributed by atoms with Gasteiger partial charge in [-0.15, -0.1) is 11.3 Å². The van der Waals surface area contributed by atoms with Crippen molar-refractivity contribution in [1.29, 1.82) is 0 Å². The van der Waals surface area contributed by atoms with Gasteiger partial charge in [0.2, 0.25) is 0 Å². The van der Waals surface area contributed by atoms with Crippen molar-refractivity contribution in [2.45, 2.75) is 26.1 Å². The molecule has 18 heavy (non-hydrogen) atoms. The molecule has 104 valence electrons. The minimum Gasteiger partial charge on any atom is -0.271 e. The zero-order chi connectivity index (χ0) is 13.8. The van der Waals surface area contributed by atoms with Gasteiger partial charge < -0.3 is 0 Å². The summed E-state index contributed by atoms with van der Waals surface area (Å²) in [6, 6.07) is -0.289. The second-order valence-corrected chi connectivity index (χ2v) is 6.35. The Morgan fingerprint density at radius 3 is 2.56 bits per heavy atom. The number of halogens is 3. The van der Waals surface area contributed by atoms with E-state index in [1.54, 1.807) is 11.8 Å². The highest BCUT2D eigenvalue weighted by molar-refractivity contribution is 7.99. The summed E-state index contributed by atoms with van der Waals surface area (Å²) in [5.41, 5.74) is 2.54. The van der Waals surface area contributed by atoms with Gasteiger partial charge in [-0.2, -0.15) is 24.9 Å². The first kappa shape index (κ1) is 15.7. The molecule has 1 atom stereocenters. The van der Waals surface area contributed by atoms with Crippen LogP contribution in [-0.2, 0) is 6.18 Å². The molecule has 1 rings (SSSR count). The highest BCUT2D eigenvalue weighted by atomic mass is 32.2. The molecule has 0 aliphatic rings. The van der Waals surface area contributed by atoms with Crippen molar-refractivity contribution in [3.05, 3.63) is 16.1 Å². The van der Waals surface area contributed by atoms with Crippen LogP contribution in [0.15, 0.2) is 6.20 Å². The van der Waals surface area contributed by atoms with Crippen molar-refractivity contribution < 1.29 is 13.2 Å². The van der Waals surface area contributed by atoms with Crippen molar-refractivity contribution in [2.75, 3.05) is 11.5 Å². The fourth-order valence-electron chi connectivity index (χ4n) is 1.21. The number of rotatable bonds is 6. The maximum absolute atomic E-state index is 12.4. The van der Waals surface area contributed by atoms with E-state index >= 15 is 0 Å². The fraction of sp³-hybridized carbons (Fsp3) is 0.700. The first-order chi connectivity index (χ1) is 8.34. The molecular formula is C10H16F3N3S2. The molecule has 1 unspecified atom stereocenters. The Morgan fingerprint density at radius 1 is 1.44 bits per heavy atom. The summed E-state index contributed by atoms with van der Waals surface area (Å²) in [5.74, 6) is 7.50. The van der Waals surface area contributed by atoms with Gasteiger partial charge in [0.1, 0.15) is 0 Å². The van der Waals surface area contributed by atoms with E-state index in [1.807, 2.05) is 0 Å². The number of alkyl halides is 3. The molecule has 0 amide bonds. The Hall–Kier alpha value is -0.310. The summed E-state index contributed by atoms with van der Waals surface area (Å²) >= 11 is 2.30. The lowest BCUT2D eigenvalue weighted by Gasteiger charge is -2.14. The van der Waals surface area contributed by atoms with Crippen LogP contribution in [0.2, 0.25) is 0 Å². The van der Waals surface area contributed by atoms with E-state index in [1.165, 1.54) is 6.20 Å². The first-order valence-corrected chi connectivity index (χ1v) is 7.38. The Balaban J connectivity index is 2.62. The van der Waals surface area contributed by atoms with Gasteiger partial charge >= 0.3 is 6.18 Å². The van der Waals surface area contributed by atoms with Crippen LogP contribution in [0.25, 0.3) is 0 Å². The quantitative estimate of drug-likeness (QED) is 0.626. The fourth-order valence-corrected chi connectivity index (χ4v) is 3.28. The van der Waals surface area contributed by atoms with Gasteiger partial charge in [0, 0.05) is 16.8 Å². The zero-order valence-corrected chi connectivity index (χ0v) is 11.8. The van der Waals surface area contributed by atoms with Crippen LogP contribution >= 0.6 is 23.1 Å². The van der Waals surface area contributed by atoms with Crippen LogP contribution in [0.3, 0.4) is 0 Å². The Labute approximate surface area is 112 Å². The molecule has 3 N–H and O–H groups in total. The van der Waals surface area contributed by atoms with Crippen molar-refractivity contribution in [2.24, 2.45) is 11.8 Å². The highest BCUT2D eigenvalue weighted by Crippen LogP contribution is 2.34. The monoisotopic (exact) mass is 299 g/mol. The zero-order valence-electron chi connectivity index (χ0n) is 10.1. The summed E-state index contributed by atoms with van der Waals surface area (Å²) in [6.45, 7) is 4.18. The predicted molar refractivity (Wildman–Crippen MR) is 69.3 cm³/mol. The smallest absolute Gasteiger partial charge is 0.271 e. The van der Waals surface area contributed by atoms with Gasteiger partial charge in [-0.05, 0) is 11.7 Å². The number of nitrogens with two attached hydrogens (primary N) is 1. The summed E-state index contributed by atoms with van der Waals surface area (Å²) in [5, 5.41) is -0.827. The van der Waals surface area contributed by atoms with E-state index in [0.717, 1.165) is 5.75 Å². The molecular weight excluding hydrogens is 283 g/mol. The van der Waals surface area contributed by atoms with Crippen LogP contribution < -0.4 is 11.3 Å². The van der Waals surface area contributed by atoms with Crippen LogP contribution in [0, 0.1) is 5.92 Å². The third kappa shape index (κ3) is 4.75. The number of nitrogens with one attached hydrogen (secondary N) is 1. The molecule has 0 saturated carbocycles. The van der Waals surface area contributed by atoms with E-state index in [2.05, 4.69) is 24.3 Å². The minimum absolute atomic E-state index is 0.289. The lowest BCUT2D eigenvalue weighted by atomic mass is 10.3. The number of aromatic nitrogens is 1. The normalized spacial score (nSPS) is 14.2. The topological polar surface area (TPSA) is 50.9 Å². The molecule has 0 aliphatic heterocycles. The number of thiazole rings is 1. The maximum Gasteiger partial charge on any atom is 0.443 e. The van der Waals surface area contributed by atoms with E-state index in [4.69, 9.17) is 5.84 Å². The average Bonchev–Trinajstić information content (AvgIpc) is 2.72. The van der Waals surface area contributed by atoms with Gasteiger partial charge in [-0.1, -0.05) is 13.8 Å².